The number of aliphatic imine (C=N–C) groups is 1. The summed E-state index contributed by atoms with van der Waals surface area (Å²) in [7, 11) is 0. The van der Waals surface area contributed by atoms with Crippen molar-refractivity contribution in [3.63, 3.8) is 0 Å². The van der Waals surface area contributed by atoms with Crippen molar-refractivity contribution >= 4 is 5.90 Å². The Labute approximate surface area is 74.3 Å². The minimum Gasteiger partial charge on any atom is -0.478 e. The Kier molecular flexibility index (Phi) is 2.90. The predicted octanol–water partition coefficient (Wildman–Crippen LogP) is 2.41. The first-order chi connectivity index (χ1) is 5.65. The van der Waals surface area contributed by atoms with Crippen LogP contribution in [0.25, 0.3) is 0 Å². The molecule has 0 saturated heterocycles. The van der Waals surface area contributed by atoms with Crippen LogP contribution in [0.15, 0.2) is 17.1 Å². The van der Waals surface area contributed by atoms with Crippen LogP contribution in [0, 0.1) is 5.92 Å². The van der Waals surface area contributed by atoms with Crippen LogP contribution in [-0.2, 0) is 4.74 Å². The summed E-state index contributed by atoms with van der Waals surface area (Å²) in [6.07, 6.45) is 1.09. The molecule has 0 aromatic heterocycles. The standard InChI is InChI=1S/C10H17NO/c1-5-8(4)10-11-9(6-12-10)7(2)3/h8-9H,2,5-6H2,1,3-4H3. The van der Waals surface area contributed by atoms with Gasteiger partial charge in [-0.1, -0.05) is 26.0 Å². The summed E-state index contributed by atoms with van der Waals surface area (Å²) in [6.45, 7) is 10.8. The fourth-order valence-corrected chi connectivity index (χ4v) is 1.09. The summed E-state index contributed by atoms with van der Waals surface area (Å²) in [4.78, 5) is 4.45. The van der Waals surface area contributed by atoms with Crippen molar-refractivity contribution < 1.29 is 4.74 Å². The van der Waals surface area contributed by atoms with Crippen molar-refractivity contribution in [2.45, 2.75) is 33.2 Å². The van der Waals surface area contributed by atoms with Gasteiger partial charge in [0, 0.05) is 5.92 Å². The van der Waals surface area contributed by atoms with E-state index in [-0.39, 0.29) is 6.04 Å². The number of ether oxygens (including phenoxy) is 1. The molecular formula is C10H17NO. The van der Waals surface area contributed by atoms with E-state index in [9.17, 15) is 0 Å². The van der Waals surface area contributed by atoms with Crippen molar-refractivity contribution in [3.05, 3.63) is 12.2 Å². The van der Waals surface area contributed by atoms with Gasteiger partial charge in [-0.15, -0.1) is 0 Å². The SMILES string of the molecule is C=C(C)C1COC(C(C)CC)=N1. The maximum absolute atomic E-state index is 5.47. The fraction of sp³-hybridized carbons (Fsp3) is 0.700. The molecule has 0 bridgehead atoms. The monoisotopic (exact) mass is 167 g/mol. The smallest absolute Gasteiger partial charge is 0.186 e. The molecular weight excluding hydrogens is 150 g/mol. The van der Waals surface area contributed by atoms with Gasteiger partial charge in [-0.2, -0.15) is 0 Å². The molecule has 0 saturated carbocycles. The van der Waals surface area contributed by atoms with Gasteiger partial charge in [0.1, 0.15) is 12.6 Å². The number of hydrogen-bond acceptors (Lipinski definition) is 2. The second-order valence-corrected chi connectivity index (χ2v) is 3.45. The van der Waals surface area contributed by atoms with Crippen LogP contribution in [0.2, 0.25) is 0 Å². The number of rotatable bonds is 3. The van der Waals surface area contributed by atoms with Crippen molar-refractivity contribution in [1.82, 2.24) is 0 Å². The van der Waals surface area contributed by atoms with Crippen LogP contribution in [0.4, 0.5) is 0 Å². The summed E-state index contributed by atoms with van der Waals surface area (Å²) in [6, 6.07) is 0.203. The second kappa shape index (κ2) is 3.74. The summed E-state index contributed by atoms with van der Waals surface area (Å²) in [5.41, 5.74) is 1.09. The Hall–Kier alpha value is -0.790. The topological polar surface area (TPSA) is 21.6 Å². The molecule has 0 radical (unpaired) electrons. The highest BCUT2D eigenvalue weighted by atomic mass is 16.5. The molecule has 2 heteroatoms. The molecule has 1 heterocycles. The molecule has 68 valence electrons. The van der Waals surface area contributed by atoms with E-state index in [1.807, 2.05) is 6.92 Å². The van der Waals surface area contributed by atoms with Gasteiger partial charge in [0.15, 0.2) is 5.90 Å². The minimum atomic E-state index is 0.203. The van der Waals surface area contributed by atoms with Gasteiger partial charge in [0.05, 0.1) is 0 Å². The maximum atomic E-state index is 5.47. The third-order valence-corrected chi connectivity index (χ3v) is 2.27. The zero-order valence-corrected chi connectivity index (χ0v) is 8.13. The molecule has 1 rings (SSSR count). The number of nitrogens with zero attached hydrogens (tertiary/aromatic N) is 1. The molecule has 0 aliphatic carbocycles. The van der Waals surface area contributed by atoms with Gasteiger partial charge in [-0.05, 0) is 13.3 Å². The zero-order valence-electron chi connectivity index (χ0n) is 8.13. The molecule has 1 aliphatic rings. The summed E-state index contributed by atoms with van der Waals surface area (Å²) in [5.74, 6) is 1.36. The first-order valence-corrected chi connectivity index (χ1v) is 4.51. The van der Waals surface area contributed by atoms with E-state index < -0.39 is 0 Å². The maximum Gasteiger partial charge on any atom is 0.186 e. The van der Waals surface area contributed by atoms with E-state index in [2.05, 4.69) is 25.4 Å². The Bertz CT molecular complexity index is 208. The van der Waals surface area contributed by atoms with Crippen LogP contribution in [0.3, 0.4) is 0 Å². The van der Waals surface area contributed by atoms with Crippen molar-refractivity contribution in [2.24, 2.45) is 10.9 Å². The van der Waals surface area contributed by atoms with Gasteiger partial charge in [0.2, 0.25) is 0 Å². The lowest BCUT2D eigenvalue weighted by atomic mass is 10.1. The van der Waals surface area contributed by atoms with E-state index in [0.717, 1.165) is 17.9 Å². The molecule has 2 unspecified atom stereocenters. The first-order valence-electron chi connectivity index (χ1n) is 4.51. The molecule has 0 N–H and O–H groups in total. The van der Waals surface area contributed by atoms with Crippen LogP contribution >= 0.6 is 0 Å². The van der Waals surface area contributed by atoms with Gasteiger partial charge < -0.3 is 4.74 Å². The van der Waals surface area contributed by atoms with Gasteiger partial charge in [-0.25, -0.2) is 4.99 Å². The highest BCUT2D eigenvalue weighted by Gasteiger charge is 2.22. The third kappa shape index (κ3) is 1.87. The largest absolute Gasteiger partial charge is 0.478 e. The lowest BCUT2D eigenvalue weighted by molar-refractivity contribution is 0.307. The van der Waals surface area contributed by atoms with E-state index in [1.165, 1.54) is 0 Å². The minimum absolute atomic E-state index is 0.203. The molecule has 1 aliphatic heterocycles. The Morgan fingerprint density at radius 1 is 1.83 bits per heavy atom. The van der Waals surface area contributed by atoms with Crippen LogP contribution in [0.5, 0.6) is 0 Å². The predicted molar refractivity (Wildman–Crippen MR) is 51.4 cm³/mol. The van der Waals surface area contributed by atoms with Crippen molar-refractivity contribution in [3.8, 4) is 0 Å². The van der Waals surface area contributed by atoms with E-state index >= 15 is 0 Å². The molecule has 0 fully saturated rings. The van der Waals surface area contributed by atoms with Crippen LogP contribution in [-0.4, -0.2) is 18.5 Å². The average Bonchev–Trinajstić information content (AvgIpc) is 2.51. The lowest BCUT2D eigenvalue weighted by Crippen LogP contribution is -2.10. The first kappa shape index (κ1) is 9.30. The quantitative estimate of drug-likeness (QED) is 0.591. The van der Waals surface area contributed by atoms with Crippen molar-refractivity contribution in [2.75, 3.05) is 6.61 Å². The zero-order chi connectivity index (χ0) is 9.14. The van der Waals surface area contributed by atoms with Crippen LogP contribution < -0.4 is 0 Å². The van der Waals surface area contributed by atoms with Crippen LogP contribution in [0.1, 0.15) is 27.2 Å². The molecule has 0 amide bonds. The molecule has 0 aromatic rings. The third-order valence-electron chi connectivity index (χ3n) is 2.27. The summed E-state index contributed by atoms with van der Waals surface area (Å²) >= 11 is 0. The molecule has 0 aromatic carbocycles. The summed E-state index contributed by atoms with van der Waals surface area (Å²) in [5, 5.41) is 0. The Morgan fingerprint density at radius 3 is 2.92 bits per heavy atom. The lowest BCUT2D eigenvalue weighted by Gasteiger charge is -2.06. The Balaban J connectivity index is 2.59. The Morgan fingerprint density at radius 2 is 2.50 bits per heavy atom. The second-order valence-electron chi connectivity index (χ2n) is 3.45. The normalized spacial score (nSPS) is 24.6. The highest BCUT2D eigenvalue weighted by Crippen LogP contribution is 2.17. The number of hydrogen-bond donors (Lipinski definition) is 0. The molecule has 12 heavy (non-hydrogen) atoms. The van der Waals surface area contributed by atoms with Crippen molar-refractivity contribution in [1.29, 1.82) is 0 Å². The summed E-state index contributed by atoms with van der Waals surface area (Å²) < 4.78 is 5.47. The van der Waals surface area contributed by atoms with E-state index in [0.29, 0.717) is 12.5 Å². The fourth-order valence-electron chi connectivity index (χ4n) is 1.09. The highest BCUT2D eigenvalue weighted by molar-refractivity contribution is 5.80. The van der Waals surface area contributed by atoms with Gasteiger partial charge in [0.25, 0.3) is 0 Å². The molecule has 0 spiro atoms. The molecule has 2 nitrogen and oxygen atoms in total. The van der Waals surface area contributed by atoms with E-state index in [4.69, 9.17) is 4.74 Å². The van der Waals surface area contributed by atoms with E-state index in [1.54, 1.807) is 0 Å². The van der Waals surface area contributed by atoms with Gasteiger partial charge in [-0.3, -0.25) is 0 Å². The van der Waals surface area contributed by atoms with Gasteiger partial charge >= 0.3 is 0 Å². The average molecular weight is 167 g/mol. The molecule has 2 atom stereocenters.